The van der Waals surface area contributed by atoms with E-state index in [-0.39, 0.29) is 30.6 Å². The van der Waals surface area contributed by atoms with E-state index in [2.05, 4.69) is 0 Å². The van der Waals surface area contributed by atoms with Gasteiger partial charge in [-0.15, -0.1) is 11.8 Å². The number of imide groups is 1. The Labute approximate surface area is 153 Å². The minimum Gasteiger partial charge on any atom is -0.465 e. The van der Waals surface area contributed by atoms with Gasteiger partial charge in [0.15, 0.2) is 0 Å². The van der Waals surface area contributed by atoms with Gasteiger partial charge >= 0.3 is 5.97 Å². The summed E-state index contributed by atoms with van der Waals surface area (Å²) in [4.78, 5) is 37.2. The first kappa shape index (κ1) is 19.1. The number of amides is 2. The maximum Gasteiger partial charge on any atom is 0.323 e. The predicted octanol–water partition coefficient (Wildman–Crippen LogP) is 2.25. The van der Waals surface area contributed by atoms with Gasteiger partial charge in [-0.1, -0.05) is 23.2 Å². The number of carbonyl (C=O) groups excluding carboxylic acids is 3. The molecule has 1 aromatic carbocycles. The molecule has 0 bridgehead atoms. The molecule has 2 amide bonds. The van der Waals surface area contributed by atoms with Gasteiger partial charge in [-0.2, -0.15) is 0 Å². The van der Waals surface area contributed by atoms with Crippen LogP contribution >= 0.6 is 35.0 Å². The summed E-state index contributed by atoms with van der Waals surface area (Å²) in [5.74, 6) is -1.06. The van der Waals surface area contributed by atoms with E-state index < -0.39 is 17.3 Å². The minimum absolute atomic E-state index is 0.0309. The number of halogens is 2. The van der Waals surface area contributed by atoms with Crippen LogP contribution in [0.3, 0.4) is 0 Å². The molecule has 0 aliphatic carbocycles. The van der Waals surface area contributed by atoms with E-state index >= 15 is 0 Å². The molecule has 24 heavy (non-hydrogen) atoms. The van der Waals surface area contributed by atoms with E-state index in [1.807, 2.05) is 0 Å². The number of rotatable bonds is 6. The second-order valence-electron chi connectivity index (χ2n) is 5.08. The Bertz CT molecular complexity index is 651. The molecule has 1 aliphatic rings. The molecule has 9 heteroatoms. The van der Waals surface area contributed by atoms with Crippen LogP contribution in [-0.2, 0) is 19.1 Å². The Morgan fingerprint density at radius 3 is 2.58 bits per heavy atom. The van der Waals surface area contributed by atoms with Crippen molar-refractivity contribution in [3.8, 4) is 0 Å². The van der Waals surface area contributed by atoms with E-state index in [0.29, 0.717) is 15.7 Å². The molecule has 0 aromatic heterocycles. The molecule has 2 N–H and O–H groups in total. The summed E-state index contributed by atoms with van der Waals surface area (Å²) in [5.41, 5.74) is 6.04. The third kappa shape index (κ3) is 4.42. The lowest BCUT2D eigenvalue weighted by Gasteiger charge is -2.16. The second kappa shape index (κ2) is 8.20. The minimum atomic E-state index is -0.840. The Morgan fingerprint density at radius 2 is 2.00 bits per heavy atom. The summed E-state index contributed by atoms with van der Waals surface area (Å²) in [6, 6.07) is 3.68. The van der Waals surface area contributed by atoms with E-state index in [9.17, 15) is 14.4 Å². The van der Waals surface area contributed by atoms with Crippen LogP contribution in [0.1, 0.15) is 13.3 Å². The van der Waals surface area contributed by atoms with Crippen molar-refractivity contribution in [3.63, 3.8) is 0 Å². The quantitative estimate of drug-likeness (QED) is 0.591. The summed E-state index contributed by atoms with van der Waals surface area (Å²) in [5, 5.41) is 0.0628. The van der Waals surface area contributed by atoms with Crippen LogP contribution in [0.2, 0.25) is 10.0 Å². The highest BCUT2D eigenvalue weighted by molar-refractivity contribution is 8.00. The number of nitrogens with zero attached hydrogens (tertiary/aromatic N) is 1. The van der Waals surface area contributed by atoms with Crippen molar-refractivity contribution < 1.29 is 19.1 Å². The number of nitrogens with two attached hydrogens (primary N) is 1. The summed E-state index contributed by atoms with van der Waals surface area (Å²) in [6.07, 6.45) is 0.0309. The standard InChI is InChI=1S/C15H16Cl2N2O4S/c1-2-23-15(22)11(18)7-24-12-6-13(20)19(14(12)21)10-4-8(16)3-9(17)5-10/h3-5,11-12H,2,6-7,18H2,1H3/t11-,12-/m1/s1. The zero-order valence-corrected chi connectivity index (χ0v) is 15.2. The third-order valence-corrected chi connectivity index (χ3v) is 5.04. The lowest BCUT2D eigenvalue weighted by molar-refractivity contribution is -0.144. The summed E-state index contributed by atoms with van der Waals surface area (Å²) >= 11 is 13.0. The molecule has 0 unspecified atom stereocenters. The average Bonchev–Trinajstić information content (AvgIpc) is 2.78. The molecule has 130 valence electrons. The maximum absolute atomic E-state index is 12.5. The Kier molecular flexibility index (Phi) is 6.51. The largest absolute Gasteiger partial charge is 0.465 e. The van der Waals surface area contributed by atoms with E-state index in [1.165, 1.54) is 18.2 Å². The summed E-state index contributed by atoms with van der Waals surface area (Å²) in [6.45, 7) is 1.92. The monoisotopic (exact) mass is 390 g/mol. The van der Waals surface area contributed by atoms with Crippen LogP contribution in [0.15, 0.2) is 18.2 Å². The Morgan fingerprint density at radius 1 is 1.38 bits per heavy atom. The lowest BCUT2D eigenvalue weighted by atomic mass is 10.3. The number of thioether (sulfide) groups is 1. The zero-order valence-electron chi connectivity index (χ0n) is 12.8. The molecule has 1 aromatic rings. The SMILES string of the molecule is CCOC(=O)[C@H](N)CS[C@@H]1CC(=O)N(c2cc(Cl)cc(Cl)c2)C1=O. The topological polar surface area (TPSA) is 89.7 Å². The van der Waals surface area contributed by atoms with Gasteiger partial charge in [-0.05, 0) is 25.1 Å². The molecule has 0 radical (unpaired) electrons. The van der Waals surface area contributed by atoms with Gasteiger partial charge in [-0.3, -0.25) is 14.4 Å². The summed E-state index contributed by atoms with van der Waals surface area (Å²) in [7, 11) is 0. The van der Waals surface area contributed by atoms with Gasteiger partial charge in [-0.25, -0.2) is 4.90 Å². The molecule has 2 rings (SSSR count). The molecule has 1 saturated heterocycles. The second-order valence-corrected chi connectivity index (χ2v) is 7.19. The zero-order chi connectivity index (χ0) is 17.9. The lowest BCUT2D eigenvalue weighted by Crippen LogP contribution is -2.36. The molecule has 1 aliphatic heterocycles. The molecule has 0 saturated carbocycles. The van der Waals surface area contributed by atoms with Crippen molar-refractivity contribution in [2.24, 2.45) is 5.73 Å². The fourth-order valence-electron chi connectivity index (χ4n) is 2.21. The fourth-order valence-corrected chi connectivity index (χ4v) is 3.81. The first-order chi connectivity index (χ1) is 11.3. The highest BCUT2D eigenvalue weighted by Gasteiger charge is 2.40. The van der Waals surface area contributed by atoms with Crippen molar-refractivity contribution in [3.05, 3.63) is 28.2 Å². The smallest absolute Gasteiger partial charge is 0.323 e. The van der Waals surface area contributed by atoms with Gasteiger partial charge in [0.25, 0.3) is 0 Å². The van der Waals surface area contributed by atoms with Gasteiger partial charge in [0, 0.05) is 22.2 Å². The van der Waals surface area contributed by atoms with Crippen molar-refractivity contribution in [2.45, 2.75) is 24.6 Å². The van der Waals surface area contributed by atoms with Gasteiger partial charge in [0.2, 0.25) is 11.8 Å². The number of carbonyl (C=O) groups is 3. The number of esters is 1. The maximum atomic E-state index is 12.5. The third-order valence-electron chi connectivity index (χ3n) is 3.28. The number of benzene rings is 1. The molecular weight excluding hydrogens is 375 g/mol. The first-order valence-corrected chi connectivity index (χ1v) is 9.00. The van der Waals surface area contributed by atoms with Gasteiger partial charge in [0.1, 0.15) is 6.04 Å². The van der Waals surface area contributed by atoms with Crippen molar-refractivity contribution in [1.82, 2.24) is 0 Å². The van der Waals surface area contributed by atoms with Crippen LogP contribution in [0.4, 0.5) is 5.69 Å². The number of hydrogen-bond donors (Lipinski definition) is 1. The first-order valence-electron chi connectivity index (χ1n) is 7.20. The van der Waals surface area contributed by atoms with E-state index in [1.54, 1.807) is 6.92 Å². The van der Waals surface area contributed by atoms with E-state index in [4.69, 9.17) is 33.7 Å². The normalized spacial score (nSPS) is 18.8. The average molecular weight is 391 g/mol. The fraction of sp³-hybridized carbons (Fsp3) is 0.400. The molecular formula is C15H16Cl2N2O4S. The van der Waals surface area contributed by atoms with Crippen LogP contribution in [0.25, 0.3) is 0 Å². The van der Waals surface area contributed by atoms with Crippen molar-refractivity contribution >= 4 is 58.4 Å². The van der Waals surface area contributed by atoms with Crippen LogP contribution in [-0.4, -0.2) is 41.4 Å². The molecule has 1 fully saturated rings. The number of anilines is 1. The Hall–Kier alpha value is -1.28. The molecule has 0 spiro atoms. The Balaban J connectivity index is 2.05. The number of hydrogen-bond acceptors (Lipinski definition) is 6. The number of ether oxygens (including phenoxy) is 1. The predicted molar refractivity (Wildman–Crippen MR) is 94.4 cm³/mol. The highest BCUT2D eigenvalue weighted by atomic mass is 35.5. The molecule has 1 heterocycles. The van der Waals surface area contributed by atoms with Gasteiger partial charge < -0.3 is 10.5 Å². The molecule has 2 atom stereocenters. The van der Waals surface area contributed by atoms with Crippen LogP contribution in [0.5, 0.6) is 0 Å². The van der Waals surface area contributed by atoms with Crippen molar-refractivity contribution in [1.29, 1.82) is 0 Å². The summed E-state index contributed by atoms with van der Waals surface area (Å²) < 4.78 is 4.81. The van der Waals surface area contributed by atoms with Gasteiger partial charge in [0.05, 0.1) is 17.5 Å². The van der Waals surface area contributed by atoms with Crippen LogP contribution < -0.4 is 10.6 Å². The van der Waals surface area contributed by atoms with E-state index in [0.717, 1.165) is 16.7 Å². The molecule has 6 nitrogen and oxygen atoms in total. The van der Waals surface area contributed by atoms with Crippen LogP contribution in [0, 0.1) is 0 Å². The highest BCUT2D eigenvalue weighted by Crippen LogP contribution is 2.33. The van der Waals surface area contributed by atoms with Crippen molar-refractivity contribution in [2.75, 3.05) is 17.3 Å².